The van der Waals surface area contributed by atoms with Crippen molar-refractivity contribution in [2.24, 2.45) is 5.84 Å². The lowest BCUT2D eigenvalue weighted by Gasteiger charge is -2.17. The van der Waals surface area contributed by atoms with Gasteiger partial charge in [-0.15, -0.1) is 11.8 Å². The second-order valence-electron chi connectivity index (χ2n) is 4.84. The predicted molar refractivity (Wildman–Crippen MR) is 87.7 cm³/mol. The van der Waals surface area contributed by atoms with Crippen LogP contribution in [0.2, 0.25) is 0 Å². The quantitative estimate of drug-likeness (QED) is 0.460. The van der Waals surface area contributed by atoms with Crippen molar-refractivity contribution in [2.75, 3.05) is 5.75 Å². The van der Waals surface area contributed by atoms with Gasteiger partial charge in [0.05, 0.1) is 6.04 Å². The SMILES string of the molecule is CCCc1cccc(C(CSc2ccccc2)NN)c1. The van der Waals surface area contributed by atoms with Crippen LogP contribution in [0.15, 0.2) is 59.5 Å². The van der Waals surface area contributed by atoms with E-state index in [-0.39, 0.29) is 6.04 Å². The fraction of sp³-hybridized carbons (Fsp3) is 0.294. The van der Waals surface area contributed by atoms with Crippen LogP contribution >= 0.6 is 11.8 Å². The molecule has 0 saturated heterocycles. The van der Waals surface area contributed by atoms with Gasteiger partial charge in [0.1, 0.15) is 0 Å². The Hall–Kier alpha value is -1.29. The van der Waals surface area contributed by atoms with Gasteiger partial charge in [-0.1, -0.05) is 55.8 Å². The van der Waals surface area contributed by atoms with Crippen LogP contribution in [-0.4, -0.2) is 5.75 Å². The van der Waals surface area contributed by atoms with E-state index >= 15 is 0 Å². The first-order valence-corrected chi connectivity index (χ1v) is 8.05. The van der Waals surface area contributed by atoms with Gasteiger partial charge in [-0.3, -0.25) is 11.3 Å². The highest BCUT2D eigenvalue weighted by molar-refractivity contribution is 7.99. The summed E-state index contributed by atoms with van der Waals surface area (Å²) in [6.45, 7) is 2.20. The summed E-state index contributed by atoms with van der Waals surface area (Å²) in [6, 6.07) is 19.3. The maximum Gasteiger partial charge on any atom is 0.0554 e. The fourth-order valence-electron chi connectivity index (χ4n) is 2.19. The summed E-state index contributed by atoms with van der Waals surface area (Å²) < 4.78 is 0. The lowest BCUT2D eigenvalue weighted by molar-refractivity contribution is 0.610. The molecule has 0 aliphatic carbocycles. The number of nitrogens with one attached hydrogen (secondary N) is 1. The number of hydrogen-bond donors (Lipinski definition) is 2. The minimum Gasteiger partial charge on any atom is -0.271 e. The Morgan fingerprint density at radius 2 is 1.90 bits per heavy atom. The number of rotatable bonds is 7. The van der Waals surface area contributed by atoms with Crippen LogP contribution in [0.25, 0.3) is 0 Å². The minimum absolute atomic E-state index is 0.178. The molecule has 2 aromatic carbocycles. The second kappa shape index (κ2) is 8.10. The average Bonchev–Trinajstić information content (AvgIpc) is 2.50. The lowest BCUT2D eigenvalue weighted by Crippen LogP contribution is -2.29. The molecule has 106 valence electrons. The molecule has 0 spiro atoms. The summed E-state index contributed by atoms with van der Waals surface area (Å²) in [4.78, 5) is 1.28. The van der Waals surface area contributed by atoms with E-state index in [9.17, 15) is 0 Å². The average molecular weight is 286 g/mol. The molecule has 20 heavy (non-hydrogen) atoms. The lowest BCUT2D eigenvalue weighted by atomic mass is 10.0. The molecule has 1 atom stereocenters. The summed E-state index contributed by atoms with van der Waals surface area (Å²) >= 11 is 1.82. The molecule has 0 fully saturated rings. The Labute approximate surface area is 125 Å². The molecule has 0 saturated carbocycles. The zero-order valence-corrected chi connectivity index (χ0v) is 12.7. The van der Waals surface area contributed by atoms with E-state index in [0.717, 1.165) is 12.2 Å². The molecule has 0 radical (unpaired) electrons. The normalized spacial score (nSPS) is 12.3. The van der Waals surface area contributed by atoms with Crippen molar-refractivity contribution >= 4 is 11.8 Å². The smallest absolute Gasteiger partial charge is 0.0554 e. The second-order valence-corrected chi connectivity index (χ2v) is 5.93. The molecule has 0 heterocycles. The van der Waals surface area contributed by atoms with E-state index in [2.05, 4.69) is 60.9 Å². The predicted octanol–water partition coefficient (Wildman–Crippen LogP) is 3.94. The number of aryl methyl sites for hydroxylation is 1. The van der Waals surface area contributed by atoms with Crippen molar-refractivity contribution in [3.8, 4) is 0 Å². The van der Waals surface area contributed by atoms with Crippen LogP contribution < -0.4 is 11.3 Å². The van der Waals surface area contributed by atoms with E-state index in [1.165, 1.54) is 22.4 Å². The van der Waals surface area contributed by atoms with E-state index < -0.39 is 0 Å². The third-order valence-corrected chi connectivity index (χ3v) is 4.36. The number of hydrazine groups is 1. The van der Waals surface area contributed by atoms with Crippen molar-refractivity contribution in [2.45, 2.75) is 30.7 Å². The van der Waals surface area contributed by atoms with Crippen LogP contribution in [0.3, 0.4) is 0 Å². The zero-order valence-electron chi connectivity index (χ0n) is 11.9. The van der Waals surface area contributed by atoms with Crippen molar-refractivity contribution in [1.29, 1.82) is 0 Å². The Morgan fingerprint density at radius 3 is 2.60 bits per heavy atom. The molecule has 0 amide bonds. The van der Waals surface area contributed by atoms with Crippen molar-refractivity contribution in [3.63, 3.8) is 0 Å². The molecular weight excluding hydrogens is 264 g/mol. The highest BCUT2D eigenvalue weighted by Crippen LogP contribution is 2.24. The van der Waals surface area contributed by atoms with Gasteiger partial charge in [-0.05, 0) is 29.7 Å². The Balaban J connectivity index is 2.02. The van der Waals surface area contributed by atoms with Gasteiger partial charge in [-0.2, -0.15) is 0 Å². The first-order valence-electron chi connectivity index (χ1n) is 7.06. The molecule has 2 nitrogen and oxygen atoms in total. The molecule has 3 N–H and O–H groups in total. The summed E-state index contributed by atoms with van der Waals surface area (Å²) in [6.07, 6.45) is 2.29. The zero-order chi connectivity index (χ0) is 14.2. The molecule has 0 aliphatic heterocycles. The highest BCUT2D eigenvalue weighted by atomic mass is 32.2. The largest absolute Gasteiger partial charge is 0.271 e. The minimum atomic E-state index is 0.178. The first-order chi connectivity index (χ1) is 9.83. The monoisotopic (exact) mass is 286 g/mol. The van der Waals surface area contributed by atoms with Crippen LogP contribution in [0.1, 0.15) is 30.5 Å². The van der Waals surface area contributed by atoms with Gasteiger partial charge < -0.3 is 0 Å². The summed E-state index contributed by atoms with van der Waals surface area (Å²) in [5.41, 5.74) is 5.59. The van der Waals surface area contributed by atoms with Gasteiger partial charge in [0.15, 0.2) is 0 Å². The molecule has 3 heteroatoms. The molecule has 2 aromatic rings. The van der Waals surface area contributed by atoms with Gasteiger partial charge in [-0.25, -0.2) is 0 Å². The van der Waals surface area contributed by atoms with E-state index in [1.54, 1.807) is 0 Å². The van der Waals surface area contributed by atoms with Gasteiger partial charge in [0.2, 0.25) is 0 Å². The molecule has 0 aliphatic rings. The Morgan fingerprint density at radius 1 is 1.10 bits per heavy atom. The number of nitrogens with two attached hydrogens (primary N) is 1. The maximum atomic E-state index is 5.73. The summed E-state index contributed by atoms with van der Waals surface area (Å²) in [5, 5.41) is 0. The maximum absolute atomic E-state index is 5.73. The van der Waals surface area contributed by atoms with Gasteiger partial charge in [0.25, 0.3) is 0 Å². The van der Waals surface area contributed by atoms with Crippen molar-refractivity contribution in [1.82, 2.24) is 5.43 Å². The van der Waals surface area contributed by atoms with Crippen LogP contribution in [0, 0.1) is 0 Å². The summed E-state index contributed by atoms with van der Waals surface area (Å²) in [5.74, 6) is 6.66. The Bertz CT molecular complexity index is 513. The van der Waals surface area contributed by atoms with Crippen molar-refractivity contribution in [3.05, 3.63) is 65.7 Å². The van der Waals surface area contributed by atoms with E-state index in [1.807, 2.05) is 17.8 Å². The third-order valence-electron chi connectivity index (χ3n) is 3.25. The number of thioether (sulfide) groups is 1. The molecule has 0 aromatic heterocycles. The van der Waals surface area contributed by atoms with E-state index in [0.29, 0.717) is 0 Å². The fourth-order valence-corrected chi connectivity index (χ4v) is 3.19. The topological polar surface area (TPSA) is 38.0 Å². The first kappa shape index (κ1) is 15.1. The molecule has 2 rings (SSSR count). The van der Waals surface area contributed by atoms with Gasteiger partial charge >= 0.3 is 0 Å². The third kappa shape index (κ3) is 4.37. The molecular formula is C17H22N2S. The summed E-state index contributed by atoms with van der Waals surface area (Å²) in [7, 11) is 0. The molecule has 0 bridgehead atoms. The van der Waals surface area contributed by atoms with Gasteiger partial charge in [0, 0.05) is 10.6 Å². The standard InChI is InChI=1S/C17H22N2S/c1-2-7-14-8-6-9-15(12-14)17(19-18)13-20-16-10-4-3-5-11-16/h3-6,8-12,17,19H,2,7,13,18H2,1H3. The van der Waals surface area contributed by atoms with Crippen LogP contribution in [0.5, 0.6) is 0 Å². The number of benzene rings is 2. The van der Waals surface area contributed by atoms with Crippen molar-refractivity contribution < 1.29 is 0 Å². The number of hydrogen-bond acceptors (Lipinski definition) is 3. The van der Waals surface area contributed by atoms with Crippen LogP contribution in [-0.2, 0) is 6.42 Å². The van der Waals surface area contributed by atoms with E-state index in [4.69, 9.17) is 5.84 Å². The van der Waals surface area contributed by atoms with Crippen LogP contribution in [0.4, 0.5) is 0 Å². The Kier molecular flexibility index (Phi) is 6.12. The molecule has 1 unspecified atom stereocenters. The highest BCUT2D eigenvalue weighted by Gasteiger charge is 2.10.